The number of guanidine groups is 1. The predicted octanol–water partition coefficient (Wildman–Crippen LogP) is 1.51. The normalized spacial score (nSPS) is 11.4. The second-order valence-electron chi connectivity index (χ2n) is 3.98. The van der Waals surface area contributed by atoms with Gasteiger partial charge in [-0.05, 0) is 31.4 Å². The van der Waals surface area contributed by atoms with E-state index in [9.17, 15) is 0 Å². The molecule has 1 rings (SSSR count). The monoisotopic (exact) mass is 234 g/mol. The van der Waals surface area contributed by atoms with Crippen LogP contribution in [0.2, 0.25) is 0 Å². The first kappa shape index (κ1) is 13.5. The van der Waals surface area contributed by atoms with Gasteiger partial charge in [0, 0.05) is 32.0 Å². The van der Waals surface area contributed by atoms with Crippen LogP contribution < -0.4 is 10.6 Å². The van der Waals surface area contributed by atoms with E-state index in [-0.39, 0.29) is 0 Å². The highest BCUT2D eigenvalue weighted by Gasteiger charge is 1.97. The summed E-state index contributed by atoms with van der Waals surface area (Å²) in [7, 11) is 1.79. The van der Waals surface area contributed by atoms with Crippen molar-refractivity contribution < 1.29 is 0 Å². The minimum atomic E-state index is 0.868. The number of nitrogens with one attached hydrogen (secondary N) is 2. The molecular weight excluding hydrogens is 212 g/mol. The number of pyridine rings is 1. The molecule has 0 bridgehead atoms. The Bertz CT molecular complexity index is 343. The molecule has 0 radical (unpaired) electrons. The molecular formula is C13H22N4. The van der Waals surface area contributed by atoms with Gasteiger partial charge in [-0.15, -0.1) is 0 Å². The Hall–Kier alpha value is -1.58. The van der Waals surface area contributed by atoms with E-state index in [1.165, 1.54) is 5.56 Å². The van der Waals surface area contributed by atoms with Gasteiger partial charge in [-0.1, -0.05) is 13.0 Å². The molecule has 0 saturated carbocycles. The molecule has 4 heteroatoms. The van der Waals surface area contributed by atoms with Crippen molar-refractivity contribution in [2.24, 2.45) is 4.99 Å². The SMILES string of the molecule is CCCNC(=NC)NCCc1ccc(C)nc1. The van der Waals surface area contributed by atoms with Gasteiger partial charge in [-0.2, -0.15) is 0 Å². The minimum absolute atomic E-state index is 0.868. The van der Waals surface area contributed by atoms with Crippen molar-refractivity contribution in [3.05, 3.63) is 29.6 Å². The van der Waals surface area contributed by atoms with E-state index in [2.05, 4.69) is 33.6 Å². The van der Waals surface area contributed by atoms with Crippen LogP contribution in [-0.4, -0.2) is 31.1 Å². The summed E-state index contributed by atoms with van der Waals surface area (Å²) in [5, 5.41) is 6.52. The quantitative estimate of drug-likeness (QED) is 0.600. The van der Waals surface area contributed by atoms with Gasteiger partial charge in [0.25, 0.3) is 0 Å². The molecule has 4 nitrogen and oxygen atoms in total. The fourth-order valence-electron chi connectivity index (χ4n) is 1.44. The maximum Gasteiger partial charge on any atom is 0.190 e. The van der Waals surface area contributed by atoms with Crippen LogP contribution in [0.15, 0.2) is 23.3 Å². The zero-order valence-electron chi connectivity index (χ0n) is 11.0. The Morgan fingerprint density at radius 3 is 2.65 bits per heavy atom. The molecule has 0 atom stereocenters. The molecule has 0 unspecified atom stereocenters. The molecule has 0 aliphatic rings. The van der Waals surface area contributed by atoms with Gasteiger partial charge in [0.1, 0.15) is 0 Å². The number of aliphatic imine (C=N–C) groups is 1. The average molecular weight is 234 g/mol. The number of hydrogen-bond donors (Lipinski definition) is 2. The Labute approximate surface area is 104 Å². The summed E-state index contributed by atoms with van der Waals surface area (Å²) in [6.07, 6.45) is 3.99. The van der Waals surface area contributed by atoms with Crippen molar-refractivity contribution in [2.45, 2.75) is 26.7 Å². The van der Waals surface area contributed by atoms with E-state index in [1.807, 2.05) is 19.2 Å². The maximum absolute atomic E-state index is 4.27. The zero-order valence-corrected chi connectivity index (χ0v) is 11.0. The van der Waals surface area contributed by atoms with E-state index in [1.54, 1.807) is 7.05 Å². The lowest BCUT2D eigenvalue weighted by Crippen LogP contribution is -2.38. The first-order valence-corrected chi connectivity index (χ1v) is 6.12. The van der Waals surface area contributed by atoms with E-state index in [0.717, 1.165) is 37.6 Å². The second-order valence-corrected chi connectivity index (χ2v) is 3.98. The highest BCUT2D eigenvalue weighted by atomic mass is 15.2. The van der Waals surface area contributed by atoms with Gasteiger partial charge < -0.3 is 10.6 Å². The van der Waals surface area contributed by atoms with Gasteiger partial charge in [0.05, 0.1) is 0 Å². The Morgan fingerprint density at radius 2 is 2.06 bits per heavy atom. The average Bonchev–Trinajstić information content (AvgIpc) is 2.36. The first-order valence-electron chi connectivity index (χ1n) is 6.12. The smallest absolute Gasteiger partial charge is 0.190 e. The van der Waals surface area contributed by atoms with E-state index in [0.29, 0.717) is 0 Å². The summed E-state index contributed by atoms with van der Waals surface area (Å²) < 4.78 is 0. The third-order valence-electron chi connectivity index (χ3n) is 2.44. The van der Waals surface area contributed by atoms with Crippen molar-refractivity contribution >= 4 is 5.96 Å². The van der Waals surface area contributed by atoms with Crippen molar-refractivity contribution in [3.63, 3.8) is 0 Å². The van der Waals surface area contributed by atoms with E-state index >= 15 is 0 Å². The molecule has 0 amide bonds. The fourth-order valence-corrected chi connectivity index (χ4v) is 1.44. The molecule has 94 valence electrons. The van der Waals surface area contributed by atoms with Gasteiger partial charge in [0.15, 0.2) is 5.96 Å². The molecule has 0 spiro atoms. The third-order valence-corrected chi connectivity index (χ3v) is 2.44. The van der Waals surface area contributed by atoms with Crippen molar-refractivity contribution in [3.8, 4) is 0 Å². The van der Waals surface area contributed by atoms with Crippen LogP contribution in [0.4, 0.5) is 0 Å². The van der Waals surface area contributed by atoms with Crippen LogP contribution >= 0.6 is 0 Å². The number of hydrogen-bond acceptors (Lipinski definition) is 2. The van der Waals surface area contributed by atoms with Gasteiger partial charge >= 0.3 is 0 Å². The van der Waals surface area contributed by atoms with Crippen LogP contribution in [0.5, 0.6) is 0 Å². The van der Waals surface area contributed by atoms with Crippen molar-refractivity contribution in [1.29, 1.82) is 0 Å². The summed E-state index contributed by atoms with van der Waals surface area (Å²) in [4.78, 5) is 8.42. The molecule has 2 N–H and O–H groups in total. The highest BCUT2D eigenvalue weighted by Crippen LogP contribution is 1.99. The van der Waals surface area contributed by atoms with Crippen LogP contribution in [0.3, 0.4) is 0 Å². The lowest BCUT2D eigenvalue weighted by atomic mass is 10.2. The molecule has 17 heavy (non-hydrogen) atoms. The van der Waals surface area contributed by atoms with Crippen LogP contribution in [0, 0.1) is 6.92 Å². The predicted molar refractivity (Wildman–Crippen MR) is 72.3 cm³/mol. The van der Waals surface area contributed by atoms with Crippen LogP contribution in [0.25, 0.3) is 0 Å². The topological polar surface area (TPSA) is 49.3 Å². The summed E-state index contributed by atoms with van der Waals surface area (Å²) in [6.45, 7) is 5.96. The standard InChI is InChI=1S/C13H22N4/c1-4-8-15-13(14-3)16-9-7-12-6-5-11(2)17-10-12/h5-6,10H,4,7-9H2,1-3H3,(H2,14,15,16). The van der Waals surface area contributed by atoms with Crippen molar-refractivity contribution in [1.82, 2.24) is 15.6 Å². The highest BCUT2D eigenvalue weighted by molar-refractivity contribution is 5.79. The number of nitrogens with zero attached hydrogens (tertiary/aromatic N) is 2. The largest absolute Gasteiger partial charge is 0.356 e. The first-order chi connectivity index (χ1) is 8.26. The number of aromatic nitrogens is 1. The Morgan fingerprint density at radius 1 is 1.29 bits per heavy atom. The molecule has 0 aliphatic heterocycles. The minimum Gasteiger partial charge on any atom is -0.356 e. The van der Waals surface area contributed by atoms with Gasteiger partial charge in [0.2, 0.25) is 0 Å². The summed E-state index contributed by atoms with van der Waals surface area (Å²) in [6, 6.07) is 4.16. The van der Waals surface area contributed by atoms with E-state index in [4.69, 9.17) is 0 Å². The fraction of sp³-hybridized carbons (Fsp3) is 0.538. The molecule has 0 aromatic carbocycles. The second kappa shape index (κ2) is 7.65. The number of rotatable bonds is 5. The molecule has 0 aliphatic carbocycles. The van der Waals surface area contributed by atoms with Gasteiger partial charge in [-0.25, -0.2) is 0 Å². The van der Waals surface area contributed by atoms with Crippen LogP contribution in [0.1, 0.15) is 24.6 Å². The summed E-state index contributed by atoms with van der Waals surface area (Å²) in [5.74, 6) is 0.868. The molecule has 0 fully saturated rings. The summed E-state index contributed by atoms with van der Waals surface area (Å²) in [5.41, 5.74) is 2.30. The molecule has 1 heterocycles. The zero-order chi connectivity index (χ0) is 12.5. The van der Waals surface area contributed by atoms with E-state index < -0.39 is 0 Å². The van der Waals surface area contributed by atoms with Gasteiger partial charge in [-0.3, -0.25) is 9.98 Å². The Kier molecular flexibility index (Phi) is 6.07. The third kappa shape index (κ3) is 5.33. The maximum atomic E-state index is 4.27. The lowest BCUT2D eigenvalue weighted by molar-refractivity contribution is 0.772. The lowest BCUT2D eigenvalue weighted by Gasteiger charge is -2.10. The molecule has 0 saturated heterocycles. The molecule has 1 aromatic rings. The Balaban J connectivity index is 2.29. The summed E-state index contributed by atoms with van der Waals surface area (Å²) >= 11 is 0. The van der Waals surface area contributed by atoms with Crippen molar-refractivity contribution in [2.75, 3.05) is 20.1 Å². The van der Waals surface area contributed by atoms with Crippen LogP contribution in [-0.2, 0) is 6.42 Å². The number of aryl methyl sites for hydroxylation is 1. The molecule has 1 aromatic heterocycles.